The van der Waals surface area contributed by atoms with Crippen LogP contribution in [0.1, 0.15) is 27.7 Å². The van der Waals surface area contributed by atoms with Gasteiger partial charge in [-0.15, -0.1) is 0 Å². The van der Waals surface area contributed by atoms with Crippen molar-refractivity contribution in [3.63, 3.8) is 0 Å². The molecule has 90 valence electrons. The number of nitrogens with zero attached hydrogens (tertiary/aromatic N) is 1. The zero-order valence-electron chi connectivity index (χ0n) is 10.4. The molecule has 0 aliphatic heterocycles. The lowest BCUT2D eigenvalue weighted by molar-refractivity contribution is 0.0857. The number of benzene rings is 1. The summed E-state index contributed by atoms with van der Waals surface area (Å²) in [6.45, 7) is 7.83. The topological polar surface area (TPSA) is 23.5 Å². The molecule has 0 spiro atoms. The third kappa shape index (κ3) is 3.49. The predicted molar refractivity (Wildman–Crippen MR) is 65.2 cm³/mol. The summed E-state index contributed by atoms with van der Waals surface area (Å²) in [5.74, 6) is -0.250. The Morgan fingerprint density at radius 3 is 2.31 bits per heavy atom. The largest absolute Gasteiger partial charge is 0.389 e. The Bertz CT molecular complexity index is 344. The fourth-order valence-corrected chi connectivity index (χ4v) is 1.65. The van der Waals surface area contributed by atoms with Crippen molar-refractivity contribution in [1.29, 1.82) is 0 Å². The molecule has 0 aromatic heterocycles. The van der Waals surface area contributed by atoms with Gasteiger partial charge in [0.15, 0.2) is 0 Å². The molecular weight excluding hydrogens is 205 g/mol. The van der Waals surface area contributed by atoms with Crippen molar-refractivity contribution in [1.82, 2.24) is 0 Å². The van der Waals surface area contributed by atoms with Crippen LogP contribution in [0.3, 0.4) is 0 Å². The van der Waals surface area contributed by atoms with Gasteiger partial charge in [0, 0.05) is 12.6 Å². The van der Waals surface area contributed by atoms with E-state index in [2.05, 4.69) is 0 Å². The fourth-order valence-electron chi connectivity index (χ4n) is 1.65. The molecule has 16 heavy (non-hydrogen) atoms. The van der Waals surface area contributed by atoms with Gasteiger partial charge in [0.05, 0.1) is 11.3 Å². The van der Waals surface area contributed by atoms with Crippen LogP contribution < -0.4 is 4.90 Å². The van der Waals surface area contributed by atoms with Crippen molar-refractivity contribution < 1.29 is 9.50 Å². The van der Waals surface area contributed by atoms with Gasteiger partial charge >= 0.3 is 0 Å². The van der Waals surface area contributed by atoms with E-state index >= 15 is 0 Å². The normalized spacial score (nSPS) is 11.9. The molecule has 0 heterocycles. The van der Waals surface area contributed by atoms with E-state index in [4.69, 9.17) is 0 Å². The zero-order valence-corrected chi connectivity index (χ0v) is 10.4. The summed E-state index contributed by atoms with van der Waals surface area (Å²) in [5, 5.41) is 9.83. The van der Waals surface area contributed by atoms with E-state index in [0.717, 1.165) is 0 Å². The molecule has 1 aromatic carbocycles. The molecule has 0 atom stereocenters. The van der Waals surface area contributed by atoms with Crippen molar-refractivity contribution in [2.75, 3.05) is 11.4 Å². The fraction of sp³-hybridized carbons (Fsp3) is 0.538. The highest BCUT2D eigenvalue weighted by Gasteiger charge is 2.22. The van der Waals surface area contributed by atoms with Crippen LogP contribution in [0.2, 0.25) is 0 Å². The molecule has 0 fully saturated rings. The van der Waals surface area contributed by atoms with Crippen LogP contribution in [0.4, 0.5) is 10.1 Å². The number of hydrogen-bond donors (Lipinski definition) is 1. The highest BCUT2D eigenvalue weighted by Crippen LogP contribution is 2.23. The number of para-hydroxylation sites is 1. The number of halogens is 1. The van der Waals surface area contributed by atoms with Gasteiger partial charge in [-0.25, -0.2) is 4.39 Å². The van der Waals surface area contributed by atoms with Gasteiger partial charge in [0.25, 0.3) is 0 Å². The Hall–Kier alpha value is -1.09. The Kier molecular flexibility index (Phi) is 3.92. The van der Waals surface area contributed by atoms with Gasteiger partial charge in [-0.1, -0.05) is 12.1 Å². The second-order valence-corrected chi connectivity index (χ2v) is 4.99. The highest BCUT2D eigenvalue weighted by atomic mass is 19.1. The minimum atomic E-state index is -0.841. The van der Waals surface area contributed by atoms with Gasteiger partial charge in [0.1, 0.15) is 5.82 Å². The van der Waals surface area contributed by atoms with E-state index in [-0.39, 0.29) is 11.9 Å². The van der Waals surface area contributed by atoms with Gasteiger partial charge in [-0.3, -0.25) is 0 Å². The second kappa shape index (κ2) is 4.83. The summed E-state index contributed by atoms with van der Waals surface area (Å²) >= 11 is 0. The Labute approximate surface area is 96.7 Å². The lowest BCUT2D eigenvalue weighted by atomic mass is 10.1. The standard InChI is InChI=1S/C13H20FNO/c1-10(2)15(9-13(3,4)16)12-8-6-5-7-11(12)14/h5-8,10,16H,9H2,1-4H3. The third-order valence-corrected chi connectivity index (χ3v) is 2.34. The molecule has 1 rings (SSSR count). The van der Waals surface area contributed by atoms with E-state index in [9.17, 15) is 9.50 Å². The molecule has 1 aromatic rings. The van der Waals surface area contributed by atoms with Crippen LogP contribution in [0.5, 0.6) is 0 Å². The van der Waals surface area contributed by atoms with Crippen molar-refractivity contribution in [2.45, 2.75) is 39.3 Å². The van der Waals surface area contributed by atoms with Crippen LogP contribution in [0.25, 0.3) is 0 Å². The minimum Gasteiger partial charge on any atom is -0.389 e. The number of anilines is 1. The SMILES string of the molecule is CC(C)N(CC(C)(C)O)c1ccccc1F. The Morgan fingerprint density at radius 2 is 1.88 bits per heavy atom. The lowest BCUT2D eigenvalue weighted by Crippen LogP contribution is -2.42. The summed E-state index contributed by atoms with van der Waals surface area (Å²) in [6.07, 6.45) is 0. The van der Waals surface area contributed by atoms with Crippen LogP contribution in [0, 0.1) is 5.82 Å². The van der Waals surface area contributed by atoms with Crippen molar-refractivity contribution in [3.05, 3.63) is 30.1 Å². The maximum absolute atomic E-state index is 13.7. The Morgan fingerprint density at radius 1 is 1.31 bits per heavy atom. The number of hydrogen-bond acceptors (Lipinski definition) is 2. The summed E-state index contributed by atoms with van der Waals surface area (Å²) in [5.41, 5.74) is -0.299. The van der Waals surface area contributed by atoms with Crippen LogP contribution in [-0.4, -0.2) is 23.3 Å². The number of rotatable bonds is 4. The molecule has 2 nitrogen and oxygen atoms in total. The minimum absolute atomic E-state index is 0.142. The molecule has 0 amide bonds. The summed E-state index contributed by atoms with van der Waals surface area (Å²) < 4.78 is 13.7. The van der Waals surface area contributed by atoms with Crippen molar-refractivity contribution >= 4 is 5.69 Å². The first-order valence-electron chi connectivity index (χ1n) is 5.55. The molecule has 0 saturated carbocycles. The van der Waals surface area contributed by atoms with E-state index in [0.29, 0.717) is 12.2 Å². The average Bonchev–Trinajstić information content (AvgIpc) is 2.13. The highest BCUT2D eigenvalue weighted by molar-refractivity contribution is 5.48. The smallest absolute Gasteiger partial charge is 0.146 e. The van der Waals surface area contributed by atoms with E-state index in [1.54, 1.807) is 32.0 Å². The van der Waals surface area contributed by atoms with Crippen molar-refractivity contribution in [2.24, 2.45) is 0 Å². The zero-order chi connectivity index (χ0) is 12.3. The molecule has 0 radical (unpaired) electrons. The lowest BCUT2D eigenvalue weighted by Gasteiger charge is -2.34. The van der Waals surface area contributed by atoms with E-state index < -0.39 is 5.60 Å². The van der Waals surface area contributed by atoms with E-state index in [1.165, 1.54) is 6.07 Å². The maximum Gasteiger partial charge on any atom is 0.146 e. The summed E-state index contributed by atoms with van der Waals surface area (Å²) in [7, 11) is 0. The first-order valence-corrected chi connectivity index (χ1v) is 5.55. The quantitative estimate of drug-likeness (QED) is 0.851. The third-order valence-electron chi connectivity index (χ3n) is 2.34. The molecule has 0 aliphatic carbocycles. The van der Waals surface area contributed by atoms with Crippen LogP contribution in [-0.2, 0) is 0 Å². The molecule has 0 saturated heterocycles. The molecular formula is C13H20FNO. The molecule has 0 aliphatic rings. The molecule has 0 unspecified atom stereocenters. The predicted octanol–water partition coefficient (Wildman–Crippen LogP) is 2.81. The van der Waals surface area contributed by atoms with Crippen LogP contribution >= 0.6 is 0 Å². The van der Waals surface area contributed by atoms with Gasteiger partial charge in [0.2, 0.25) is 0 Å². The average molecular weight is 225 g/mol. The molecule has 0 bridgehead atoms. The summed E-state index contributed by atoms with van der Waals surface area (Å²) in [4.78, 5) is 1.87. The van der Waals surface area contributed by atoms with Gasteiger partial charge in [-0.05, 0) is 39.8 Å². The summed E-state index contributed by atoms with van der Waals surface area (Å²) in [6, 6.07) is 6.79. The monoisotopic (exact) mass is 225 g/mol. The molecule has 3 heteroatoms. The van der Waals surface area contributed by atoms with Gasteiger partial charge < -0.3 is 10.0 Å². The van der Waals surface area contributed by atoms with Crippen LogP contribution in [0.15, 0.2) is 24.3 Å². The van der Waals surface area contributed by atoms with Crippen molar-refractivity contribution in [3.8, 4) is 0 Å². The maximum atomic E-state index is 13.7. The number of aliphatic hydroxyl groups is 1. The Balaban J connectivity index is 2.99. The first kappa shape index (κ1) is 13.0. The second-order valence-electron chi connectivity index (χ2n) is 4.99. The molecule has 1 N–H and O–H groups in total. The van der Waals surface area contributed by atoms with E-state index in [1.807, 2.05) is 18.7 Å². The van der Waals surface area contributed by atoms with Gasteiger partial charge in [-0.2, -0.15) is 0 Å². The first-order chi connectivity index (χ1) is 7.31.